The van der Waals surface area contributed by atoms with Crippen LogP contribution in [0.1, 0.15) is 54.4 Å². The van der Waals surface area contributed by atoms with Gasteiger partial charge >= 0.3 is 19.7 Å². The van der Waals surface area contributed by atoms with Gasteiger partial charge in [-0.15, -0.1) is 0 Å². The average Bonchev–Trinajstić information content (AvgIpc) is 2.65. The lowest BCUT2D eigenvalue weighted by molar-refractivity contribution is -0.157. The second-order valence-electron chi connectivity index (χ2n) is 8.23. The summed E-state index contributed by atoms with van der Waals surface area (Å²) in [7, 11) is -3.28. The highest BCUT2D eigenvalue weighted by Crippen LogP contribution is 2.51. The fraction of sp³-hybridized carbons (Fsp3) is 0.850. The molecule has 0 spiro atoms. The molecule has 180 valence electrons. The molecule has 0 saturated carbocycles. The quantitative estimate of drug-likeness (QED) is 0.387. The summed E-state index contributed by atoms with van der Waals surface area (Å²) in [4.78, 5) is 38.5. The Bertz CT molecular complexity index is 654. The number of amides is 2. The first-order valence-corrected chi connectivity index (χ1v) is 12.5. The summed E-state index contributed by atoms with van der Waals surface area (Å²) in [5.41, 5.74) is -0.687. The van der Waals surface area contributed by atoms with E-state index in [-0.39, 0.29) is 51.4 Å². The highest BCUT2D eigenvalue weighted by molar-refractivity contribution is 7.53. The van der Waals surface area contributed by atoms with Crippen molar-refractivity contribution in [1.82, 2.24) is 10.2 Å². The zero-order chi connectivity index (χ0) is 23.7. The Balaban J connectivity index is 2.83. The third-order valence-corrected chi connectivity index (χ3v) is 6.77. The summed E-state index contributed by atoms with van der Waals surface area (Å²) in [6.07, 6.45) is 0.264. The normalized spacial score (nSPS) is 19.6. The minimum Gasteiger partial charge on any atom is -0.464 e. The van der Waals surface area contributed by atoms with Gasteiger partial charge in [-0.05, 0) is 60.3 Å². The Hall–Kier alpha value is -1.64. The number of ether oxygens (including phenoxy) is 2. The number of piperidine rings is 1. The Morgan fingerprint density at radius 2 is 1.68 bits per heavy atom. The third kappa shape index (κ3) is 9.58. The summed E-state index contributed by atoms with van der Waals surface area (Å²) in [6.45, 7) is 11.0. The average molecular weight is 464 g/mol. The van der Waals surface area contributed by atoms with Crippen molar-refractivity contribution in [3.8, 4) is 0 Å². The number of alkyl carbamates (subject to hydrolysis) is 1. The predicted octanol–water partition coefficient (Wildman–Crippen LogP) is 2.95. The molecule has 1 aliphatic rings. The molecule has 0 aromatic rings. The minimum atomic E-state index is -3.28. The number of nitrogens with zero attached hydrogens (tertiary/aromatic N) is 1. The molecular weight excluding hydrogens is 427 g/mol. The topological polar surface area (TPSA) is 120 Å². The lowest BCUT2D eigenvalue weighted by Crippen LogP contribution is -2.53. The maximum Gasteiger partial charge on any atom is 0.408 e. The van der Waals surface area contributed by atoms with Crippen LogP contribution in [0.25, 0.3) is 0 Å². The van der Waals surface area contributed by atoms with E-state index in [0.29, 0.717) is 6.42 Å². The number of hydrogen-bond donors (Lipinski definition) is 1. The number of nitrogens with one attached hydrogen (secondary N) is 1. The van der Waals surface area contributed by atoms with Crippen LogP contribution in [0.15, 0.2) is 0 Å². The van der Waals surface area contributed by atoms with Crippen LogP contribution in [0.4, 0.5) is 4.79 Å². The molecule has 1 heterocycles. The number of rotatable bonds is 10. The van der Waals surface area contributed by atoms with Gasteiger partial charge in [-0.3, -0.25) is 9.36 Å². The van der Waals surface area contributed by atoms with Crippen LogP contribution < -0.4 is 5.32 Å². The van der Waals surface area contributed by atoms with Crippen molar-refractivity contribution >= 4 is 25.6 Å². The Morgan fingerprint density at radius 1 is 1.06 bits per heavy atom. The van der Waals surface area contributed by atoms with Crippen LogP contribution in [-0.2, 0) is 32.7 Å². The Labute approximate surface area is 184 Å². The van der Waals surface area contributed by atoms with Crippen molar-refractivity contribution < 1.29 is 37.5 Å². The van der Waals surface area contributed by atoms with E-state index in [1.54, 1.807) is 41.5 Å². The van der Waals surface area contributed by atoms with Gasteiger partial charge in [0.1, 0.15) is 18.2 Å². The van der Waals surface area contributed by atoms with Crippen LogP contribution in [0.3, 0.4) is 0 Å². The molecule has 1 N–H and O–H groups in total. The van der Waals surface area contributed by atoms with Gasteiger partial charge < -0.3 is 28.7 Å². The fourth-order valence-electron chi connectivity index (χ4n) is 3.38. The molecule has 0 aromatic heterocycles. The zero-order valence-corrected chi connectivity index (χ0v) is 20.4. The molecule has 10 nitrogen and oxygen atoms in total. The smallest absolute Gasteiger partial charge is 0.408 e. The van der Waals surface area contributed by atoms with E-state index in [0.717, 1.165) is 0 Å². The molecule has 11 heteroatoms. The van der Waals surface area contributed by atoms with E-state index < -0.39 is 37.2 Å². The molecule has 1 aliphatic heterocycles. The van der Waals surface area contributed by atoms with Crippen molar-refractivity contribution in [2.24, 2.45) is 5.92 Å². The maximum absolute atomic E-state index is 12.9. The van der Waals surface area contributed by atoms with Gasteiger partial charge in [0.15, 0.2) is 0 Å². The van der Waals surface area contributed by atoms with Crippen LogP contribution in [0.5, 0.6) is 0 Å². The molecule has 0 bridgehead atoms. The number of hydrogen-bond acceptors (Lipinski definition) is 8. The summed E-state index contributed by atoms with van der Waals surface area (Å²) in [5, 5.41) is 2.42. The van der Waals surface area contributed by atoms with E-state index in [1.165, 1.54) is 4.90 Å². The first-order valence-electron chi connectivity index (χ1n) is 10.8. The van der Waals surface area contributed by atoms with Gasteiger partial charge in [0.05, 0.1) is 26.0 Å². The van der Waals surface area contributed by atoms with E-state index in [2.05, 4.69) is 5.32 Å². The van der Waals surface area contributed by atoms with Crippen molar-refractivity contribution in [1.29, 1.82) is 0 Å². The second kappa shape index (κ2) is 12.4. The Kier molecular flexibility index (Phi) is 11.0. The fourth-order valence-corrected chi connectivity index (χ4v) is 5.42. The largest absolute Gasteiger partial charge is 0.464 e. The minimum absolute atomic E-state index is 0.138. The van der Waals surface area contributed by atoms with Gasteiger partial charge in [-0.2, -0.15) is 0 Å². The number of carbonyl (C=O) groups is 3. The number of carbonyl (C=O) groups excluding carboxylic acids is 3. The molecule has 0 aromatic carbocycles. The van der Waals surface area contributed by atoms with E-state index in [1.807, 2.05) is 0 Å². The molecule has 31 heavy (non-hydrogen) atoms. The second-order valence-corrected chi connectivity index (χ2v) is 10.3. The summed E-state index contributed by atoms with van der Waals surface area (Å²) in [6, 6.07) is -0.830. The summed E-state index contributed by atoms with van der Waals surface area (Å²) >= 11 is 0. The van der Waals surface area contributed by atoms with Crippen molar-refractivity contribution in [3.05, 3.63) is 0 Å². The van der Waals surface area contributed by atoms with Gasteiger partial charge in [-0.25, -0.2) is 9.59 Å². The van der Waals surface area contributed by atoms with Gasteiger partial charge in [0.25, 0.3) is 0 Å². The van der Waals surface area contributed by atoms with E-state index >= 15 is 0 Å². The lowest BCUT2D eigenvalue weighted by Gasteiger charge is -2.38. The first-order chi connectivity index (χ1) is 14.4. The molecule has 1 saturated heterocycles. The molecule has 1 fully saturated rings. The molecule has 2 amide bonds. The van der Waals surface area contributed by atoms with Crippen LogP contribution in [0.2, 0.25) is 0 Å². The van der Waals surface area contributed by atoms with Crippen LogP contribution in [0, 0.1) is 5.92 Å². The monoisotopic (exact) mass is 464 g/mol. The number of esters is 1. The SMILES string of the molecule is CCOC(=O)[C@H]1C[C@@H](CP(=O)(OCC)OCC)CCN1C(=O)CNC(=O)OC(C)(C)C. The summed E-state index contributed by atoms with van der Waals surface area (Å²) < 4.78 is 33.9. The zero-order valence-electron chi connectivity index (χ0n) is 19.5. The first kappa shape index (κ1) is 27.4. The van der Waals surface area contributed by atoms with Crippen molar-refractivity contribution in [2.45, 2.75) is 66.0 Å². The van der Waals surface area contributed by atoms with Crippen LogP contribution in [-0.4, -0.2) is 73.6 Å². The lowest BCUT2D eigenvalue weighted by atomic mass is 9.92. The van der Waals surface area contributed by atoms with Gasteiger partial charge in [-0.1, -0.05) is 0 Å². The molecular formula is C20H37N2O8P. The number of likely N-dealkylation sites (tertiary alicyclic amines) is 1. The molecule has 2 atom stereocenters. The predicted molar refractivity (Wildman–Crippen MR) is 115 cm³/mol. The molecule has 0 aliphatic carbocycles. The molecule has 1 rings (SSSR count). The van der Waals surface area contributed by atoms with E-state index in [4.69, 9.17) is 18.5 Å². The van der Waals surface area contributed by atoms with Gasteiger partial charge in [0.2, 0.25) is 5.91 Å². The molecule has 0 radical (unpaired) electrons. The highest BCUT2D eigenvalue weighted by atomic mass is 31.2. The van der Waals surface area contributed by atoms with Crippen molar-refractivity contribution in [2.75, 3.05) is 39.1 Å². The standard InChI is InChI=1S/C20H37N2O8P/c1-7-27-18(24)16-12-15(14-31(26,28-8-2)29-9-3)10-11-22(16)17(23)13-21-19(25)30-20(4,5)6/h15-16H,7-14H2,1-6H3,(H,21,25)/t15-,16+/m0/s1. The van der Waals surface area contributed by atoms with E-state index in [9.17, 15) is 18.9 Å². The van der Waals surface area contributed by atoms with Gasteiger partial charge in [0, 0.05) is 6.54 Å². The third-order valence-electron chi connectivity index (χ3n) is 4.51. The maximum atomic E-state index is 12.9. The van der Waals surface area contributed by atoms with Crippen molar-refractivity contribution in [3.63, 3.8) is 0 Å². The summed E-state index contributed by atoms with van der Waals surface area (Å²) in [5.74, 6) is -1.08. The van der Waals surface area contributed by atoms with Crippen LogP contribution >= 0.6 is 7.60 Å². The highest BCUT2D eigenvalue weighted by Gasteiger charge is 2.40. The Morgan fingerprint density at radius 3 is 2.19 bits per heavy atom. The molecule has 0 unspecified atom stereocenters.